The summed E-state index contributed by atoms with van der Waals surface area (Å²) in [5.41, 5.74) is 1.55. The number of rotatable bonds is 3. The predicted octanol–water partition coefficient (Wildman–Crippen LogP) is 2.47. The summed E-state index contributed by atoms with van der Waals surface area (Å²) in [5, 5.41) is 4.76. The van der Waals surface area contributed by atoms with Crippen molar-refractivity contribution in [2.45, 2.75) is 13.0 Å². The van der Waals surface area contributed by atoms with Crippen molar-refractivity contribution in [1.82, 2.24) is 9.36 Å². The van der Waals surface area contributed by atoms with Gasteiger partial charge < -0.3 is 0 Å². The van der Waals surface area contributed by atoms with Crippen LogP contribution < -0.4 is 5.56 Å². The maximum atomic E-state index is 12.8. The summed E-state index contributed by atoms with van der Waals surface area (Å²) in [4.78, 5) is 29.2. The summed E-state index contributed by atoms with van der Waals surface area (Å²) in [6.07, 6.45) is 2.87. The number of aromatic nitrogens is 2. The van der Waals surface area contributed by atoms with Gasteiger partial charge in [0.05, 0.1) is 23.3 Å². The topological polar surface area (TPSA) is 101 Å². The largest absolute Gasteiger partial charge is 0.299 e. The van der Waals surface area contributed by atoms with Crippen molar-refractivity contribution in [2.24, 2.45) is 36.7 Å². The minimum atomic E-state index is -0.332. The monoisotopic (exact) mass is 366 g/mol. The van der Waals surface area contributed by atoms with Crippen LogP contribution in [0.2, 0.25) is 0 Å². The number of hydrogen-bond acceptors (Lipinski definition) is 8. The van der Waals surface area contributed by atoms with Gasteiger partial charge >= 0.3 is 0 Å². The van der Waals surface area contributed by atoms with Crippen LogP contribution in [-0.2, 0) is 7.05 Å². The fourth-order valence-corrected chi connectivity index (χ4v) is 3.20. The van der Waals surface area contributed by atoms with Gasteiger partial charge in [-0.05, 0) is 19.1 Å². The molecular formula is C16H14N8OS. The molecular weight excluding hydrogens is 352 g/mol. The van der Waals surface area contributed by atoms with Crippen molar-refractivity contribution in [2.75, 3.05) is 0 Å². The zero-order valence-corrected chi connectivity index (χ0v) is 14.8. The first-order valence-corrected chi connectivity index (χ1v) is 8.56. The predicted molar refractivity (Wildman–Crippen MR) is 103 cm³/mol. The normalized spacial score (nSPS) is 18.3. The lowest BCUT2D eigenvalue weighted by atomic mass is 10.3. The molecule has 2 aliphatic rings. The number of fused-ring (bicyclic) bond motifs is 1. The van der Waals surface area contributed by atoms with Crippen molar-refractivity contribution < 1.29 is 0 Å². The number of nitrogens with zero attached hydrogens (tertiary/aromatic N) is 8. The molecule has 1 aromatic carbocycles. The average Bonchev–Trinajstić information content (AvgIpc) is 3.22. The number of amidine groups is 1. The zero-order valence-electron chi connectivity index (χ0n) is 14.0. The Balaban J connectivity index is 1.61. The van der Waals surface area contributed by atoms with Gasteiger partial charge in [0.25, 0.3) is 5.56 Å². The summed E-state index contributed by atoms with van der Waals surface area (Å²) in [6, 6.07) is 9.06. The molecule has 10 heteroatoms. The Kier molecular flexibility index (Phi) is 4.17. The number of hydrogen-bond donors (Lipinski definition) is 0. The van der Waals surface area contributed by atoms with E-state index in [1.807, 2.05) is 44.3 Å². The molecule has 0 aliphatic carbocycles. The fraction of sp³-hybridized carbons (Fsp3) is 0.188. The molecule has 0 bridgehead atoms. The van der Waals surface area contributed by atoms with Crippen LogP contribution >= 0.6 is 11.9 Å². The van der Waals surface area contributed by atoms with E-state index in [-0.39, 0.29) is 17.3 Å². The Labute approximate surface area is 152 Å². The van der Waals surface area contributed by atoms with E-state index in [4.69, 9.17) is 0 Å². The van der Waals surface area contributed by atoms with Crippen LogP contribution in [0.15, 0.2) is 64.7 Å². The third-order valence-corrected chi connectivity index (χ3v) is 4.74. The van der Waals surface area contributed by atoms with Gasteiger partial charge in [0.15, 0.2) is 17.6 Å². The highest BCUT2D eigenvalue weighted by Crippen LogP contribution is 2.22. The van der Waals surface area contributed by atoms with Crippen LogP contribution in [0.3, 0.4) is 0 Å². The van der Waals surface area contributed by atoms with Gasteiger partial charge in [0.2, 0.25) is 0 Å². The van der Waals surface area contributed by atoms with Crippen molar-refractivity contribution in [3.05, 3.63) is 46.4 Å². The number of para-hydroxylation sites is 1. The van der Waals surface area contributed by atoms with Gasteiger partial charge in [-0.2, -0.15) is 0 Å². The van der Waals surface area contributed by atoms with E-state index in [0.29, 0.717) is 10.9 Å². The molecule has 0 amide bonds. The Morgan fingerprint density at radius 2 is 1.96 bits per heavy atom. The summed E-state index contributed by atoms with van der Waals surface area (Å²) in [7, 11) is 1.81. The average molecular weight is 366 g/mol. The van der Waals surface area contributed by atoms with Gasteiger partial charge in [-0.1, -0.05) is 18.2 Å². The second-order valence-corrected chi connectivity index (χ2v) is 6.31. The molecule has 0 saturated heterocycles. The van der Waals surface area contributed by atoms with E-state index < -0.39 is 0 Å². The standard InChI is InChI=1S/C16H14N8OS/c1-10-12(16(25)24(23(10)2)11-6-4-3-5-7-11)21-22-26-15-13-14(18-8-17-13)19-9-20-15/h3-9,13H,1-2H3. The molecule has 0 fully saturated rings. The molecule has 0 N–H and O–H groups in total. The van der Waals surface area contributed by atoms with E-state index in [9.17, 15) is 4.79 Å². The molecule has 2 aromatic rings. The Morgan fingerprint density at radius 3 is 2.77 bits per heavy atom. The molecule has 9 nitrogen and oxygen atoms in total. The second-order valence-electron chi connectivity index (χ2n) is 5.55. The fourth-order valence-electron chi connectivity index (χ4n) is 2.64. The minimum Gasteiger partial charge on any atom is -0.283 e. The lowest BCUT2D eigenvalue weighted by molar-refractivity contribution is 0.630. The Hall–Kier alpha value is -3.14. The quantitative estimate of drug-likeness (QED) is 0.615. The maximum Gasteiger partial charge on any atom is 0.299 e. The second kappa shape index (κ2) is 6.64. The minimum absolute atomic E-state index is 0.228. The highest BCUT2D eigenvalue weighted by Gasteiger charge is 2.27. The highest BCUT2D eigenvalue weighted by atomic mass is 32.2. The van der Waals surface area contributed by atoms with E-state index in [1.54, 1.807) is 9.36 Å². The zero-order chi connectivity index (χ0) is 18.1. The first kappa shape index (κ1) is 16.3. The van der Waals surface area contributed by atoms with Gasteiger partial charge in [0, 0.05) is 7.05 Å². The van der Waals surface area contributed by atoms with E-state index >= 15 is 0 Å². The van der Waals surface area contributed by atoms with Crippen LogP contribution in [0.25, 0.3) is 5.69 Å². The number of aliphatic imine (C=N–C) groups is 4. The van der Waals surface area contributed by atoms with Crippen LogP contribution in [-0.4, -0.2) is 39.0 Å². The third kappa shape index (κ3) is 2.73. The summed E-state index contributed by atoms with van der Waals surface area (Å²) < 4.78 is 7.41. The lowest BCUT2D eigenvalue weighted by Gasteiger charge is -2.09. The molecule has 2 aliphatic heterocycles. The highest BCUT2D eigenvalue weighted by molar-refractivity contribution is 8.13. The van der Waals surface area contributed by atoms with E-state index in [0.717, 1.165) is 23.3 Å². The molecule has 1 unspecified atom stereocenters. The first-order valence-electron chi connectivity index (χ1n) is 7.78. The molecule has 130 valence electrons. The van der Waals surface area contributed by atoms with Crippen LogP contribution in [0.1, 0.15) is 5.69 Å². The molecule has 0 radical (unpaired) electrons. The van der Waals surface area contributed by atoms with Crippen molar-refractivity contribution in [3.63, 3.8) is 0 Å². The van der Waals surface area contributed by atoms with Crippen LogP contribution in [0.5, 0.6) is 0 Å². The molecule has 3 heterocycles. The lowest BCUT2D eigenvalue weighted by Crippen LogP contribution is -2.25. The molecule has 26 heavy (non-hydrogen) atoms. The SMILES string of the molecule is Cc1c(N=NSC2=NC=NC3=NC=NC32)c(=O)n(-c2ccccc2)n1C. The Morgan fingerprint density at radius 1 is 1.15 bits per heavy atom. The first-order chi connectivity index (χ1) is 12.7. The third-order valence-electron chi connectivity index (χ3n) is 4.06. The molecule has 1 atom stereocenters. The van der Waals surface area contributed by atoms with E-state index in [1.165, 1.54) is 12.7 Å². The van der Waals surface area contributed by atoms with Crippen molar-refractivity contribution >= 4 is 41.2 Å². The van der Waals surface area contributed by atoms with Gasteiger partial charge in [-0.25, -0.2) is 19.7 Å². The van der Waals surface area contributed by atoms with Crippen molar-refractivity contribution in [1.29, 1.82) is 0 Å². The number of benzene rings is 1. The molecule has 0 saturated carbocycles. The maximum absolute atomic E-state index is 12.8. The van der Waals surface area contributed by atoms with Gasteiger partial charge in [-0.3, -0.25) is 14.5 Å². The van der Waals surface area contributed by atoms with Crippen molar-refractivity contribution in [3.8, 4) is 5.69 Å². The molecule has 1 aromatic heterocycles. The van der Waals surface area contributed by atoms with Crippen LogP contribution in [0.4, 0.5) is 5.69 Å². The van der Waals surface area contributed by atoms with E-state index in [2.05, 4.69) is 29.6 Å². The summed E-state index contributed by atoms with van der Waals surface area (Å²) in [5.74, 6) is 0.583. The molecule has 4 rings (SSSR count). The Bertz CT molecular complexity index is 1060. The smallest absolute Gasteiger partial charge is 0.283 e. The van der Waals surface area contributed by atoms with Gasteiger partial charge in [0.1, 0.15) is 17.7 Å². The summed E-state index contributed by atoms with van der Waals surface area (Å²) >= 11 is 1.06. The summed E-state index contributed by atoms with van der Waals surface area (Å²) in [6.45, 7) is 1.83. The molecule has 0 spiro atoms. The van der Waals surface area contributed by atoms with Gasteiger partial charge in [-0.15, -0.1) is 9.63 Å². The van der Waals surface area contributed by atoms with Crippen LogP contribution in [0, 0.1) is 6.92 Å².